The van der Waals surface area contributed by atoms with Crippen LogP contribution in [-0.4, -0.2) is 24.2 Å². The van der Waals surface area contributed by atoms with Gasteiger partial charge in [-0.2, -0.15) is 0 Å². The van der Waals surface area contributed by atoms with Crippen LogP contribution >= 0.6 is 0 Å². The first kappa shape index (κ1) is 48.7. The fourth-order valence-electron chi connectivity index (χ4n) is 4.76. The van der Waals surface area contributed by atoms with Gasteiger partial charge in [-0.3, -0.25) is 0 Å². The van der Waals surface area contributed by atoms with Gasteiger partial charge in [-0.05, 0) is 57.2 Å². The molecule has 0 unspecified atom stereocenters. The Labute approximate surface area is 291 Å². The fraction of sp³-hybridized carbons (Fsp3) is 0.857. The Balaban J connectivity index is -0.000000600. The predicted octanol–water partition coefficient (Wildman–Crippen LogP) is 14.6. The topological polar surface area (TPSA) is 0 Å². The van der Waals surface area contributed by atoms with E-state index in [9.17, 15) is 0 Å². The molecule has 0 aliphatic rings. The van der Waals surface area contributed by atoms with Crippen molar-refractivity contribution in [1.29, 1.82) is 0 Å². The molecule has 0 aliphatic heterocycles. The molecule has 0 nitrogen and oxygen atoms in total. The molecule has 0 rings (SSSR count). The fourth-order valence-corrected chi connectivity index (χ4v) is 11.7. The van der Waals surface area contributed by atoms with Crippen molar-refractivity contribution in [1.82, 2.24) is 0 Å². The van der Waals surface area contributed by atoms with Crippen molar-refractivity contribution in [3.63, 3.8) is 0 Å². The van der Waals surface area contributed by atoms with E-state index in [1.54, 1.807) is 0 Å². The normalized spacial score (nSPS) is 12.9. The Hall–Kier alpha value is -0.669. The quantitative estimate of drug-likeness (QED) is 0.195. The summed E-state index contributed by atoms with van der Waals surface area (Å²) in [4.78, 5) is 0. The van der Waals surface area contributed by atoms with E-state index in [2.05, 4.69) is 192 Å². The maximum atomic E-state index is 3.79. The maximum absolute atomic E-state index is 3.79. The minimum absolute atomic E-state index is 0.391. The Morgan fingerprint density at radius 3 is 0.911 bits per heavy atom. The first-order valence-corrected chi connectivity index (χ1v) is 26.9. The van der Waals surface area contributed by atoms with Gasteiger partial charge in [0, 0.05) is 19.3 Å². The van der Waals surface area contributed by atoms with Gasteiger partial charge >= 0.3 is 0 Å². The van der Waals surface area contributed by atoms with Gasteiger partial charge in [-0.25, -0.2) is 0 Å². The number of hydrogen-bond donors (Lipinski definition) is 0. The summed E-state index contributed by atoms with van der Waals surface area (Å²) in [6.45, 7) is 53.4. The molecule has 0 saturated heterocycles. The summed E-state index contributed by atoms with van der Waals surface area (Å²) in [6, 6.07) is 0. The van der Waals surface area contributed by atoms with Crippen molar-refractivity contribution in [2.45, 2.75) is 218 Å². The van der Waals surface area contributed by atoms with E-state index in [0.29, 0.717) is 21.3 Å². The molecule has 0 aromatic carbocycles. The van der Waals surface area contributed by atoms with E-state index < -0.39 is 24.2 Å². The Morgan fingerprint density at radius 1 is 0.422 bits per heavy atom. The molecule has 0 fully saturated rings. The average molecular weight is 673 g/mol. The first-order valence-electron chi connectivity index (χ1n) is 18.2. The van der Waals surface area contributed by atoms with Gasteiger partial charge in [-0.1, -0.05) is 157 Å². The lowest BCUT2D eigenvalue weighted by Gasteiger charge is -2.38. The van der Waals surface area contributed by atoms with Crippen LogP contribution in [0, 0.1) is 50.6 Å². The molecule has 45 heavy (non-hydrogen) atoms. The smallest absolute Gasteiger partial charge is 0.132 e. The molecule has 0 heterocycles. The number of rotatable bonds is 6. The van der Waals surface area contributed by atoms with Crippen molar-refractivity contribution in [3.05, 3.63) is 0 Å². The summed E-state index contributed by atoms with van der Waals surface area (Å²) in [5.74, 6) is 10.2. The van der Waals surface area contributed by atoms with Crippen molar-refractivity contribution >= 4 is 24.2 Å². The van der Waals surface area contributed by atoms with Crippen LogP contribution in [0.4, 0.5) is 0 Å². The maximum Gasteiger partial charge on any atom is 0.145 e. The third-order valence-corrected chi connectivity index (χ3v) is 20.7. The van der Waals surface area contributed by atoms with Gasteiger partial charge in [0.2, 0.25) is 0 Å². The molecule has 0 bridgehead atoms. The summed E-state index contributed by atoms with van der Waals surface area (Å²) < 4.78 is 0. The molecule has 0 amide bonds. The highest BCUT2D eigenvalue weighted by molar-refractivity contribution is 6.90. The summed E-state index contributed by atoms with van der Waals surface area (Å²) >= 11 is 0. The van der Waals surface area contributed by atoms with Crippen molar-refractivity contribution < 1.29 is 0 Å². The van der Waals surface area contributed by atoms with Gasteiger partial charge < -0.3 is 0 Å². The highest BCUT2D eigenvalue weighted by atomic mass is 28.3. The van der Waals surface area contributed by atoms with Crippen molar-refractivity contribution in [2.75, 3.05) is 0 Å². The largest absolute Gasteiger partial charge is 0.145 e. The summed E-state index contributed by atoms with van der Waals surface area (Å²) in [6.07, 6.45) is 6.80. The zero-order valence-corrected chi connectivity index (χ0v) is 38.5. The lowest BCUT2D eigenvalue weighted by molar-refractivity contribution is 0.384. The minimum Gasteiger partial charge on any atom is -0.132 e. The molecule has 264 valence electrons. The van der Waals surface area contributed by atoms with E-state index >= 15 is 0 Å². The van der Waals surface area contributed by atoms with Crippen LogP contribution in [0.2, 0.25) is 54.4 Å². The van der Waals surface area contributed by atoms with Gasteiger partial charge in [0.1, 0.15) is 24.2 Å². The van der Waals surface area contributed by atoms with Crippen LogP contribution in [0.5, 0.6) is 0 Å². The first-order chi connectivity index (χ1) is 19.7. The Morgan fingerprint density at radius 2 is 0.689 bits per heavy atom. The standard InChI is InChI=1S/C17H34Si.C14H28Si.C11H22Si/c1-14(2)18(15(3)4,16(5)6)13-11-10-12-17(7,8)9;1-13(2,3)11-9-10-12-15(7,8)14(4,5)6;1-11(2,3)9-7-8-10-12(4,5)6/h14-16H,10,12H2,1-9H3;9,11H2,1-8H3;7,9H2,1-6H3. The monoisotopic (exact) mass is 673 g/mol. The Kier molecular flexibility index (Phi) is 21.6. The second-order valence-corrected chi connectivity index (χ2v) is 35.9. The van der Waals surface area contributed by atoms with Crippen LogP contribution in [0.15, 0.2) is 0 Å². The third kappa shape index (κ3) is 26.0. The van der Waals surface area contributed by atoms with Crippen LogP contribution < -0.4 is 0 Å². The molecule has 0 N–H and O–H groups in total. The van der Waals surface area contributed by atoms with Crippen molar-refractivity contribution in [3.8, 4) is 34.4 Å². The van der Waals surface area contributed by atoms with Crippen molar-refractivity contribution in [2.24, 2.45) is 16.2 Å². The Bertz CT molecular complexity index is 966. The zero-order valence-electron chi connectivity index (χ0n) is 35.5. The number of hydrogen-bond acceptors (Lipinski definition) is 0. The molecule has 0 aromatic rings. The lowest BCUT2D eigenvalue weighted by atomic mass is 9.91. The van der Waals surface area contributed by atoms with Crippen LogP contribution in [0.3, 0.4) is 0 Å². The van der Waals surface area contributed by atoms with Gasteiger partial charge in [0.05, 0.1) is 0 Å². The van der Waals surface area contributed by atoms with Crippen LogP contribution in [0.1, 0.15) is 163 Å². The summed E-state index contributed by atoms with van der Waals surface area (Å²) in [5.41, 5.74) is 14.3. The highest BCUT2D eigenvalue weighted by Crippen LogP contribution is 2.41. The van der Waals surface area contributed by atoms with Crippen LogP contribution in [-0.2, 0) is 0 Å². The van der Waals surface area contributed by atoms with E-state index in [1.165, 1.54) is 19.3 Å². The van der Waals surface area contributed by atoms with Gasteiger partial charge in [-0.15, -0.1) is 34.4 Å². The SMILES string of the molecule is CC(C)(C)CCC#C[Si](C)(C)C.CC(C)(C)CCC#C[Si](C)(C)C(C)(C)C.CC(C)[Si](C#CCCC(C)(C)C)(C(C)C)C(C)C. The van der Waals surface area contributed by atoms with E-state index in [1.807, 2.05) is 0 Å². The lowest BCUT2D eigenvalue weighted by Crippen LogP contribution is -2.43. The average Bonchev–Trinajstić information content (AvgIpc) is 2.76. The van der Waals surface area contributed by atoms with E-state index in [4.69, 9.17) is 0 Å². The highest BCUT2D eigenvalue weighted by Gasteiger charge is 2.41. The molecule has 0 radical (unpaired) electrons. The molecule has 3 heteroatoms. The van der Waals surface area contributed by atoms with Gasteiger partial charge in [0.15, 0.2) is 0 Å². The van der Waals surface area contributed by atoms with E-state index in [-0.39, 0.29) is 0 Å². The zero-order chi connectivity index (χ0) is 36.7. The molecule has 0 spiro atoms. The molecule has 0 aromatic heterocycles. The van der Waals surface area contributed by atoms with Crippen LogP contribution in [0.25, 0.3) is 0 Å². The summed E-state index contributed by atoms with van der Waals surface area (Å²) in [5, 5.41) is 0.391. The minimum atomic E-state index is -1.49. The van der Waals surface area contributed by atoms with E-state index in [0.717, 1.165) is 35.9 Å². The molecule has 0 saturated carbocycles. The second kappa shape index (κ2) is 20.0. The predicted molar refractivity (Wildman–Crippen MR) is 221 cm³/mol. The third-order valence-electron chi connectivity index (χ3n) is 8.91. The second-order valence-electron chi connectivity index (χ2n) is 20.6. The summed E-state index contributed by atoms with van der Waals surface area (Å²) in [7, 11) is -3.96. The molecule has 0 atom stereocenters. The van der Waals surface area contributed by atoms with Gasteiger partial charge in [0.25, 0.3) is 0 Å². The molecular weight excluding hydrogens is 589 g/mol. The molecule has 0 aliphatic carbocycles. The molecular formula is C42H84Si3.